The van der Waals surface area contributed by atoms with Crippen molar-refractivity contribution in [2.45, 2.75) is 32.3 Å². The van der Waals surface area contributed by atoms with Gasteiger partial charge in [-0.05, 0) is 62.2 Å². The van der Waals surface area contributed by atoms with Crippen molar-refractivity contribution < 1.29 is 9.53 Å². The predicted molar refractivity (Wildman–Crippen MR) is 138 cm³/mol. The van der Waals surface area contributed by atoms with Gasteiger partial charge in [-0.15, -0.1) is 10.2 Å². The lowest BCUT2D eigenvalue weighted by Gasteiger charge is -2.12. The molecule has 4 aromatic rings. The predicted octanol–water partition coefficient (Wildman–Crippen LogP) is 5.93. The van der Waals surface area contributed by atoms with E-state index in [4.69, 9.17) is 4.74 Å². The van der Waals surface area contributed by atoms with Gasteiger partial charge >= 0.3 is 0 Å². The fourth-order valence-electron chi connectivity index (χ4n) is 3.69. The molecule has 0 saturated heterocycles. The number of carbonyl (C=O) groups is 1. The number of nitrogens with one attached hydrogen (secondary N) is 1. The van der Waals surface area contributed by atoms with Crippen molar-refractivity contribution in [1.29, 1.82) is 0 Å². The number of benzene rings is 3. The summed E-state index contributed by atoms with van der Waals surface area (Å²) < 4.78 is 7.58. The van der Waals surface area contributed by atoms with Gasteiger partial charge in [0.1, 0.15) is 5.75 Å². The fraction of sp³-hybridized carbons (Fsp3) is 0.222. The quantitative estimate of drug-likeness (QED) is 0.306. The number of rotatable bonds is 9. The summed E-state index contributed by atoms with van der Waals surface area (Å²) in [5.41, 5.74) is 4.98. The van der Waals surface area contributed by atoms with Gasteiger partial charge in [0.2, 0.25) is 5.91 Å². The van der Waals surface area contributed by atoms with Gasteiger partial charge in [0, 0.05) is 16.9 Å². The number of amides is 1. The van der Waals surface area contributed by atoms with E-state index in [2.05, 4.69) is 41.5 Å². The average molecular weight is 473 g/mol. The van der Waals surface area contributed by atoms with Gasteiger partial charge in [-0.25, -0.2) is 0 Å². The second kappa shape index (κ2) is 11.0. The van der Waals surface area contributed by atoms with Crippen molar-refractivity contribution >= 4 is 23.4 Å². The Morgan fingerprint density at radius 3 is 2.53 bits per heavy atom. The molecular formula is C27H28N4O2S. The van der Waals surface area contributed by atoms with E-state index in [1.807, 2.05) is 72.2 Å². The molecule has 1 N–H and O–H groups in total. The molecule has 174 valence electrons. The molecule has 0 saturated carbocycles. The third kappa shape index (κ3) is 5.48. The van der Waals surface area contributed by atoms with Gasteiger partial charge in [0.05, 0.1) is 12.4 Å². The molecule has 0 aliphatic rings. The zero-order valence-corrected chi connectivity index (χ0v) is 20.4. The normalized spacial score (nSPS) is 10.8. The topological polar surface area (TPSA) is 69.0 Å². The van der Waals surface area contributed by atoms with E-state index in [-0.39, 0.29) is 11.7 Å². The smallest absolute Gasteiger partial charge is 0.234 e. The number of para-hydroxylation sites is 1. The van der Waals surface area contributed by atoms with Crippen LogP contribution in [-0.2, 0) is 11.2 Å². The maximum atomic E-state index is 12.7. The van der Waals surface area contributed by atoms with Crippen LogP contribution in [0.15, 0.2) is 78.0 Å². The van der Waals surface area contributed by atoms with Crippen LogP contribution in [0.3, 0.4) is 0 Å². The van der Waals surface area contributed by atoms with Crippen molar-refractivity contribution in [3.63, 3.8) is 0 Å². The summed E-state index contributed by atoms with van der Waals surface area (Å²) in [7, 11) is 0. The number of nitrogens with zero attached hydrogens (tertiary/aromatic N) is 3. The van der Waals surface area contributed by atoms with Crippen LogP contribution < -0.4 is 10.1 Å². The van der Waals surface area contributed by atoms with E-state index in [1.165, 1.54) is 11.8 Å². The molecule has 0 atom stereocenters. The van der Waals surface area contributed by atoms with Crippen molar-refractivity contribution in [3.8, 4) is 22.8 Å². The van der Waals surface area contributed by atoms with Crippen LogP contribution in [0, 0.1) is 6.92 Å². The molecule has 0 aliphatic carbocycles. The number of aromatic nitrogens is 3. The summed E-state index contributed by atoms with van der Waals surface area (Å²) in [6.07, 6.45) is 0.857. The summed E-state index contributed by atoms with van der Waals surface area (Å²) in [6, 6.07) is 23.9. The van der Waals surface area contributed by atoms with E-state index in [0.717, 1.165) is 46.1 Å². The van der Waals surface area contributed by atoms with Crippen molar-refractivity contribution in [3.05, 3.63) is 83.9 Å². The van der Waals surface area contributed by atoms with Gasteiger partial charge in [0.25, 0.3) is 0 Å². The van der Waals surface area contributed by atoms with Crippen LogP contribution in [0.1, 0.15) is 25.0 Å². The Kier molecular flexibility index (Phi) is 7.65. The van der Waals surface area contributed by atoms with Gasteiger partial charge < -0.3 is 10.1 Å². The first-order valence-electron chi connectivity index (χ1n) is 11.3. The molecule has 1 amide bonds. The molecule has 0 aliphatic heterocycles. The Morgan fingerprint density at radius 2 is 1.79 bits per heavy atom. The van der Waals surface area contributed by atoms with Crippen LogP contribution in [0.25, 0.3) is 17.1 Å². The number of anilines is 1. The first-order chi connectivity index (χ1) is 16.6. The highest BCUT2D eigenvalue weighted by Crippen LogP contribution is 2.29. The molecule has 3 aromatic carbocycles. The van der Waals surface area contributed by atoms with Crippen LogP contribution in [0.5, 0.6) is 5.75 Å². The Labute approximate surface area is 204 Å². The molecule has 0 spiro atoms. The second-order valence-corrected chi connectivity index (χ2v) is 8.73. The van der Waals surface area contributed by atoms with E-state index in [9.17, 15) is 4.79 Å². The minimum atomic E-state index is -0.0794. The van der Waals surface area contributed by atoms with Crippen LogP contribution in [0.4, 0.5) is 5.69 Å². The van der Waals surface area contributed by atoms with Crippen LogP contribution >= 0.6 is 11.8 Å². The van der Waals surface area contributed by atoms with E-state index < -0.39 is 0 Å². The van der Waals surface area contributed by atoms with E-state index in [1.54, 1.807) is 0 Å². The number of hydrogen-bond acceptors (Lipinski definition) is 5. The molecule has 1 heterocycles. The number of carbonyl (C=O) groups excluding carboxylic acids is 1. The maximum absolute atomic E-state index is 12.7. The molecule has 0 bridgehead atoms. The highest BCUT2D eigenvalue weighted by atomic mass is 32.2. The minimum Gasteiger partial charge on any atom is -0.494 e. The molecule has 0 unspecified atom stereocenters. The van der Waals surface area contributed by atoms with Crippen molar-refractivity contribution in [1.82, 2.24) is 14.8 Å². The first-order valence-corrected chi connectivity index (χ1v) is 12.3. The van der Waals surface area contributed by atoms with E-state index in [0.29, 0.717) is 11.8 Å². The Bertz CT molecular complexity index is 1270. The highest BCUT2D eigenvalue weighted by Gasteiger charge is 2.18. The third-order valence-corrected chi connectivity index (χ3v) is 6.25. The van der Waals surface area contributed by atoms with Crippen molar-refractivity contribution in [2.75, 3.05) is 17.7 Å². The molecule has 7 heteroatoms. The number of aryl methyl sites for hydroxylation is 2. The Hall–Kier alpha value is -3.58. The third-order valence-electron chi connectivity index (χ3n) is 5.32. The largest absolute Gasteiger partial charge is 0.494 e. The Balaban J connectivity index is 1.61. The van der Waals surface area contributed by atoms with Crippen LogP contribution in [0.2, 0.25) is 0 Å². The van der Waals surface area contributed by atoms with Gasteiger partial charge in [-0.3, -0.25) is 9.36 Å². The monoisotopic (exact) mass is 472 g/mol. The summed E-state index contributed by atoms with van der Waals surface area (Å²) in [4.78, 5) is 12.7. The molecule has 1 aromatic heterocycles. The zero-order chi connectivity index (χ0) is 23.9. The lowest BCUT2D eigenvalue weighted by molar-refractivity contribution is -0.113. The van der Waals surface area contributed by atoms with Gasteiger partial charge in [0.15, 0.2) is 11.0 Å². The summed E-state index contributed by atoms with van der Waals surface area (Å²) in [6.45, 7) is 6.70. The molecule has 0 radical (unpaired) electrons. The van der Waals surface area contributed by atoms with Crippen molar-refractivity contribution in [2.24, 2.45) is 0 Å². The van der Waals surface area contributed by atoms with Gasteiger partial charge in [-0.2, -0.15) is 0 Å². The summed E-state index contributed by atoms with van der Waals surface area (Å²) in [5.74, 6) is 1.68. The second-order valence-electron chi connectivity index (χ2n) is 7.79. The zero-order valence-electron chi connectivity index (χ0n) is 19.6. The molecular weight excluding hydrogens is 444 g/mol. The summed E-state index contributed by atoms with van der Waals surface area (Å²) in [5, 5.41) is 12.6. The number of ether oxygens (including phenoxy) is 1. The fourth-order valence-corrected chi connectivity index (χ4v) is 4.44. The average Bonchev–Trinajstić information content (AvgIpc) is 3.28. The lowest BCUT2D eigenvalue weighted by Crippen LogP contribution is -2.15. The maximum Gasteiger partial charge on any atom is 0.234 e. The Morgan fingerprint density at radius 1 is 1.00 bits per heavy atom. The SMILES string of the molecule is CCOc1ccc(-n2c(SCC(=O)Nc3ccccc3CC)nnc2-c2cccc(C)c2)cc1. The number of thioether (sulfide) groups is 1. The summed E-state index contributed by atoms with van der Waals surface area (Å²) >= 11 is 1.36. The molecule has 0 fully saturated rings. The van der Waals surface area contributed by atoms with E-state index >= 15 is 0 Å². The highest BCUT2D eigenvalue weighted by molar-refractivity contribution is 7.99. The molecule has 4 rings (SSSR count). The number of hydrogen-bond donors (Lipinski definition) is 1. The lowest BCUT2D eigenvalue weighted by atomic mass is 10.1. The van der Waals surface area contributed by atoms with Gasteiger partial charge in [-0.1, -0.05) is 60.6 Å². The van der Waals surface area contributed by atoms with Crippen LogP contribution in [-0.4, -0.2) is 33.0 Å². The minimum absolute atomic E-state index is 0.0794. The molecule has 34 heavy (non-hydrogen) atoms. The molecule has 6 nitrogen and oxygen atoms in total. The first kappa shape index (κ1) is 23.6. The standard InChI is InChI=1S/C27H28N4O2S/c1-4-20-10-6-7-12-24(20)28-25(32)18-34-27-30-29-26(21-11-8-9-19(3)17-21)31(27)22-13-15-23(16-14-22)33-5-2/h6-17H,4-5,18H2,1-3H3,(H,28,32).